The Kier molecular flexibility index (Phi) is 2.62. The minimum Gasteiger partial charge on any atom is -0.305 e. The molecule has 2 rings (SSSR count). The Morgan fingerprint density at radius 3 is 2.85 bits per heavy atom. The molecule has 1 N–H and O–H groups in total. The largest absolute Gasteiger partial charge is 0.305 e. The molecule has 1 aliphatic carbocycles. The van der Waals surface area contributed by atoms with Crippen molar-refractivity contribution >= 4 is 0 Å². The van der Waals surface area contributed by atoms with Crippen LogP contribution in [0, 0.1) is 0 Å². The van der Waals surface area contributed by atoms with Gasteiger partial charge in [0.05, 0.1) is 7.11 Å². The van der Waals surface area contributed by atoms with Crippen LogP contribution in [-0.4, -0.2) is 7.11 Å². The quantitative estimate of drug-likeness (QED) is 0.712. The molecular weight excluding hydrogens is 162 g/mol. The maximum absolute atomic E-state index is 4.85. The van der Waals surface area contributed by atoms with Gasteiger partial charge in [-0.1, -0.05) is 24.3 Å². The van der Waals surface area contributed by atoms with Gasteiger partial charge in [-0.3, -0.25) is 0 Å². The van der Waals surface area contributed by atoms with Gasteiger partial charge in [0.25, 0.3) is 0 Å². The lowest BCUT2D eigenvalue weighted by Crippen LogP contribution is -2.12. The monoisotopic (exact) mass is 177 g/mol. The molecule has 0 heterocycles. The van der Waals surface area contributed by atoms with Crippen LogP contribution in [0.1, 0.15) is 29.9 Å². The molecule has 0 aliphatic heterocycles. The Balaban J connectivity index is 2.12. The molecule has 0 bridgehead atoms. The normalized spacial score (nSPS) is 16.1. The van der Waals surface area contributed by atoms with Crippen LogP contribution in [-0.2, 0) is 11.4 Å². The molecule has 0 unspecified atom stereocenters. The Morgan fingerprint density at radius 2 is 2.15 bits per heavy atom. The van der Waals surface area contributed by atoms with Crippen molar-refractivity contribution in [1.29, 1.82) is 0 Å². The number of benzene rings is 1. The average Bonchev–Trinajstić information content (AvgIpc) is 2.98. The molecule has 2 heteroatoms. The zero-order valence-corrected chi connectivity index (χ0v) is 7.92. The van der Waals surface area contributed by atoms with Gasteiger partial charge in [0, 0.05) is 6.54 Å². The Labute approximate surface area is 78.9 Å². The molecule has 0 radical (unpaired) electrons. The molecule has 0 aromatic heterocycles. The van der Waals surface area contributed by atoms with Gasteiger partial charge in [0.2, 0.25) is 0 Å². The van der Waals surface area contributed by atoms with Gasteiger partial charge in [-0.15, -0.1) is 0 Å². The van der Waals surface area contributed by atoms with Crippen LogP contribution in [0.25, 0.3) is 0 Å². The highest BCUT2D eigenvalue weighted by Gasteiger charge is 2.25. The van der Waals surface area contributed by atoms with E-state index in [9.17, 15) is 0 Å². The van der Waals surface area contributed by atoms with Crippen molar-refractivity contribution in [3.63, 3.8) is 0 Å². The molecule has 0 spiro atoms. The van der Waals surface area contributed by atoms with E-state index in [1.807, 2.05) is 0 Å². The van der Waals surface area contributed by atoms with Crippen molar-refractivity contribution in [2.45, 2.75) is 25.3 Å². The van der Waals surface area contributed by atoms with Crippen LogP contribution < -0.4 is 5.48 Å². The molecule has 1 aromatic carbocycles. The summed E-state index contributed by atoms with van der Waals surface area (Å²) in [6, 6.07) is 8.59. The number of hydrogen-bond donors (Lipinski definition) is 1. The van der Waals surface area contributed by atoms with Crippen molar-refractivity contribution in [2.24, 2.45) is 0 Å². The van der Waals surface area contributed by atoms with E-state index in [4.69, 9.17) is 4.84 Å². The van der Waals surface area contributed by atoms with Crippen LogP contribution in [0.2, 0.25) is 0 Å². The number of nitrogens with one attached hydrogen (secondary N) is 1. The van der Waals surface area contributed by atoms with Gasteiger partial charge in [0.1, 0.15) is 0 Å². The third-order valence-corrected chi connectivity index (χ3v) is 2.48. The lowest BCUT2D eigenvalue weighted by Gasteiger charge is -2.07. The fourth-order valence-corrected chi connectivity index (χ4v) is 1.64. The van der Waals surface area contributed by atoms with Gasteiger partial charge in [0.15, 0.2) is 0 Å². The molecule has 1 aliphatic rings. The fraction of sp³-hybridized carbons (Fsp3) is 0.455. The highest BCUT2D eigenvalue weighted by Crippen LogP contribution is 2.41. The van der Waals surface area contributed by atoms with Gasteiger partial charge < -0.3 is 4.84 Å². The summed E-state index contributed by atoms with van der Waals surface area (Å²) >= 11 is 0. The van der Waals surface area contributed by atoms with Crippen molar-refractivity contribution in [3.8, 4) is 0 Å². The maximum atomic E-state index is 4.85. The summed E-state index contributed by atoms with van der Waals surface area (Å²) in [5.41, 5.74) is 5.75. The third kappa shape index (κ3) is 2.08. The van der Waals surface area contributed by atoms with Gasteiger partial charge in [-0.2, -0.15) is 5.48 Å². The number of hydrogen-bond acceptors (Lipinski definition) is 2. The Morgan fingerprint density at radius 1 is 1.38 bits per heavy atom. The molecule has 0 atom stereocenters. The molecule has 1 saturated carbocycles. The van der Waals surface area contributed by atoms with E-state index in [0.29, 0.717) is 0 Å². The summed E-state index contributed by atoms with van der Waals surface area (Å²) in [6.45, 7) is 0.809. The summed E-state index contributed by atoms with van der Waals surface area (Å²) in [5.74, 6) is 0.815. The van der Waals surface area contributed by atoms with E-state index in [0.717, 1.165) is 12.5 Å². The van der Waals surface area contributed by atoms with E-state index in [2.05, 4.69) is 29.7 Å². The second kappa shape index (κ2) is 3.90. The van der Waals surface area contributed by atoms with E-state index in [-0.39, 0.29) is 0 Å². The SMILES string of the molecule is CONCc1ccccc1C1CC1. The van der Waals surface area contributed by atoms with E-state index in [1.54, 1.807) is 7.11 Å². The highest BCUT2D eigenvalue weighted by atomic mass is 16.6. The van der Waals surface area contributed by atoms with Gasteiger partial charge >= 0.3 is 0 Å². The van der Waals surface area contributed by atoms with E-state index >= 15 is 0 Å². The average molecular weight is 177 g/mol. The molecule has 0 saturated heterocycles. The molecule has 1 fully saturated rings. The van der Waals surface area contributed by atoms with Crippen molar-refractivity contribution in [1.82, 2.24) is 5.48 Å². The first-order valence-electron chi connectivity index (χ1n) is 4.75. The van der Waals surface area contributed by atoms with Crippen LogP contribution >= 0.6 is 0 Å². The first-order chi connectivity index (χ1) is 6.42. The summed E-state index contributed by atoms with van der Waals surface area (Å²) in [4.78, 5) is 4.85. The molecular formula is C11H15NO. The minimum absolute atomic E-state index is 0.809. The summed E-state index contributed by atoms with van der Waals surface area (Å²) in [6.07, 6.45) is 2.70. The second-order valence-corrected chi connectivity index (χ2v) is 3.50. The highest BCUT2D eigenvalue weighted by molar-refractivity contribution is 5.32. The third-order valence-electron chi connectivity index (χ3n) is 2.48. The zero-order chi connectivity index (χ0) is 9.10. The first kappa shape index (κ1) is 8.73. The standard InChI is InChI=1S/C11H15NO/c1-13-12-8-10-4-2-3-5-11(10)9-6-7-9/h2-5,9,12H,6-8H2,1H3. The van der Waals surface area contributed by atoms with Gasteiger partial charge in [-0.25, -0.2) is 0 Å². The molecule has 2 nitrogen and oxygen atoms in total. The fourth-order valence-electron chi connectivity index (χ4n) is 1.64. The number of rotatable bonds is 4. The summed E-state index contributed by atoms with van der Waals surface area (Å²) in [5, 5.41) is 0. The maximum Gasteiger partial charge on any atom is 0.0572 e. The topological polar surface area (TPSA) is 21.3 Å². The molecule has 70 valence electrons. The predicted molar refractivity (Wildman–Crippen MR) is 52.3 cm³/mol. The zero-order valence-electron chi connectivity index (χ0n) is 7.92. The van der Waals surface area contributed by atoms with Gasteiger partial charge in [-0.05, 0) is 29.9 Å². The number of hydroxylamine groups is 1. The second-order valence-electron chi connectivity index (χ2n) is 3.50. The van der Waals surface area contributed by atoms with Crippen LogP contribution in [0.4, 0.5) is 0 Å². The molecule has 13 heavy (non-hydrogen) atoms. The van der Waals surface area contributed by atoms with E-state index < -0.39 is 0 Å². The molecule has 0 amide bonds. The Bertz CT molecular complexity index is 281. The predicted octanol–water partition coefficient (Wildman–Crippen LogP) is 2.21. The lowest BCUT2D eigenvalue weighted by atomic mass is 10.0. The van der Waals surface area contributed by atoms with Crippen LogP contribution in [0.3, 0.4) is 0 Å². The summed E-state index contributed by atoms with van der Waals surface area (Å²) < 4.78 is 0. The minimum atomic E-state index is 0.809. The Hall–Kier alpha value is -0.860. The van der Waals surface area contributed by atoms with Crippen molar-refractivity contribution < 1.29 is 4.84 Å². The lowest BCUT2D eigenvalue weighted by molar-refractivity contribution is 0.0865. The van der Waals surface area contributed by atoms with Crippen LogP contribution in [0.5, 0.6) is 0 Å². The summed E-state index contributed by atoms with van der Waals surface area (Å²) in [7, 11) is 1.65. The van der Waals surface area contributed by atoms with E-state index in [1.165, 1.54) is 24.0 Å². The molecule has 1 aromatic rings. The van der Waals surface area contributed by atoms with Crippen molar-refractivity contribution in [2.75, 3.05) is 7.11 Å². The van der Waals surface area contributed by atoms with Crippen LogP contribution in [0.15, 0.2) is 24.3 Å². The van der Waals surface area contributed by atoms with Crippen molar-refractivity contribution in [3.05, 3.63) is 35.4 Å². The smallest absolute Gasteiger partial charge is 0.0572 e. The first-order valence-corrected chi connectivity index (χ1v) is 4.75.